The summed E-state index contributed by atoms with van der Waals surface area (Å²) < 4.78 is 0. The molecule has 1 atom stereocenters. The third kappa shape index (κ3) is 4.72. The zero-order valence-electron chi connectivity index (χ0n) is 9.77. The summed E-state index contributed by atoms with van der Waals surface area (Å²) in [7, 11) is 0. The standard InChI is InChI=1S/C11H19N3OS/c1-8(2)5-10(12)11(15)13-4-3-9-6-16-7-14-9/h6-8,10H,3-5,12H2,1-2H3,(H,13,15)/t10-/m1/s1. The number of rotatable bonds is 6. The minimum absolute atomic E-state index is 0.0658. The van der Waals surface area contributed by atoms with E-state index in [0.717, 1.165) is 18.5 Å². The first-order valence-corrected chi connectivity index (χ1v) is 6.44. The molecule has 4 nitrogen and oxygen atoms in total. The van der Waals surface area contributed by atoms with Crippen LogP contribution < -0.4 is 11.1 Å². The van der Waals surface area contributed by atoms with Crippen LogP contribution in [0.3, 0.4) is 0 Å². The maximum Gasteiger partial charge on any atom is 0.236 e. The van der Waals surface area contributed by atoms with Crippen LogP contribution in [0.15, 0.2) is 10.9 Å². The molecule has 0 spiro atoms. The molecule has 0 radical (unpaired) electrons. The lowest BCUT2D eigenvalue weighted by Crippen LogP contribution is -2.42. The zero-order valence-corrected chi connectivity index (χ0v) is 10.6. The highest BCUT2D eigenvalue weighted by molar-refractivity contribution is 7.07. The maximum absolute atomic E-state index is 11.6. The van der Waals surface area contributed by atoms with Gasteiger partial charge in [0.2, 0.25) is 5.91 Å². The van der Waals surface area contributed by atoms with Gasteiger partial charge in [0, 0.05) is 18.3 Å². The number of carbonyl (C=O) groups excluding carboxylic acids is 1. The smallest absolute Gasteiger partial charge is 0.236 e. The van der Waals surface area contributed by atoms with E-state index in [1.54, 1.807) is 16.8 Å². The number of nitrogens with zero attached hydrogens (tertiary/aromatic N) is 1. The van der Waals surface area contributed by atoms with Gasteiger partial charge in [-0.3, -0.25) is 4.79 Å². The van der Waals surface area contributed by atoms with Gasteiger partial charge in [0.1, 0.15) is 0 Å². The molecular weight excluding hydrogens is 222 g/mol. The number of amides is 1. The van der Waals surface area contributed by atoms with Crippen molar-refractivity contribution in [2.24, 2.45) is 11.7 Å². The number of aromatic nitrogens is 1. The monoisotopic (exact) mass is 241 g/mol. The Morgan fingerprint density at radius 1 is 1.62 bits per heavy atom. The summed E-state index contributed by atoms with van der Waals surface area (Å²) in [6.07, 6.45) is 1.49. The zero-order chi connectivity index (χ0) is 12.0. The Morgan fingerprint density at radius 2 is 2.38 bits per heavy atom. The van der Waals surface area contributed by atoms with Crippen molar-refractivity contribution in [2.45, 2.75) is 32.7 Å². The molecule has 3 N–H and O–H groups in total. The summed E-state index contributed by atoms with van der Waals surface area (Å²) in [5, 5.41) is 4.81. The Hall–Kier alpha value is -0.940. The molecule has 1 heterocycles. The maximum atomic E-state index is 11.6. The van der Waals surface area contributed by atoms with Crippen LogP contribution in [0.25, 0.3) is 0 Å². The Balaban J connectivity index is 2.19. The normalized spacial score (nSPS) is 12.8. The third-order valence-electron chi connectivity index (χ3n) is 2.23. The van der Waals surface area contributed by atoms with Crippen LogP contribution in [-0.2, 0) is 11.2 Å². The fourth-order valence-electron chi connectivity index (χ4n) is 1.42. The predicted octanol–water partition coefficient (Wildman–Crippen LogP) is 1.18. The van der Waals surface area contributed by atoms with Gasteiger partial charge in [-0.2, -0.15) is 0 Å². The van der Waals surface area contributed by atoms with E-state index in [-0.39, 0.29) is 5.91 Å². The molecule has 1 amide bonds. The average molecular weight is 241 g/mol. The second-order valence-corrected chi connectivity index (χ2v) is 4.98. The summed E-state index contributed by atoms with van der Waals surface area (Å²) in [6, 6.07) is -0.393. The minimum Gasteiger partial charge on any atom is -0.354 e. The molecule has 90 valence electrons. The molecule has 0 aliphatic heterocycles. The average Bonchev–Trinajstić information content (AvgIpc) is 2.69. The SMILES string of the molecule is CC(C)C[C@@H](N)C(=O)NCCc1cscn1. The number of nitrogens with two attached hydrogens (primary N) is 1. The van der Waals surface area contributed by atoms with E-state index < -0.39 is 6.04 Å². The van der Waals surface area contributed by atoms with Gasteiger partial charge >= 0.3 is 0 Å². The lowest BCUT2D eigenvalue weighted by atomic mass is 10.0. The highest BCUT2D eigenvalue weighted by Crippen LogP contribution is 2.03. The molecule has 0 fully saturated rings. The predicted molar refractivity (Wildman–Crippen MR) is 66.3 cm³/mol. The van der Waals surface area contributed by atoms with Crippen molar-refractivity contribution < 1.29 is 4.79 Å². The molecule has 1 rings (SSSR count). The summed E-state index contributed by atoms with van der Waals surface area (Å²) in [6.45, 7) is 4.72. The Bertz CT molecular complexity index is 311. The van der Waals surface area contributed by atoms with Crippen molar-refractivity contribution >= 4 is 17.2 Å². The quantitative estimate of drug-likeness (QED) is 0.785. The molecular formula is C11H19N3OS. The molecule has 0 saturated heterocycles. The van der Waals surface area contributed by atoms with E-state index in [1.807, 2.05) is 5.38 Å². The lowest BCUT2D eigenvalue weighted by molar-refractivity contribution is -0.122. The highest BCUT2D eigenvalue weighted by atomic mass is 32.1. The van der Waals surface area contributed by atoms with Gasteiger partial charge in [0.25, 0.3) is 0 Å². The van der Waals surface area contributed by atoms with E-state index in [4.69, 9.17) is 5.73 Å². The van der Waals surface area contributed by atoms with E-state index in [1.165, 1.54) is 0 Å². The number of carbonyl (C=O) groups is 1. The molecule has 16 heavy (non-hydrogen) atoms. The van der Waals surface area contributed by atoms with Gasteiger partial charge in [-0.1, -0.05) is 13.8 Å². The molecule has 1 aromatic heterocycles. The summed E-state index contributed by atoms with van der Waals surface area (Å²) in [5.41, 5.74) is 8.56. The van der Waals surface area contributed by atoms with Crippen molar-refractivity contribution in [3.63, 3.8) is 0 Å². The topological polar surface area (TPSA) is 68.0 Å². The van der Waals surface area contributed by atoms with E-state index in [0.29, 0.717) is 12.5 Å². The van der Waals surface area contributed by atoms with Crippen molar-refractivity contribution in [1.29, 1.82) is 0 Å². The highest BCUT2D eigenvalue weighted by Gasteiger charge is 2.13. The fraction of sp³-hybridized carbons (Fsp3) is 0.636. The summed E-state index contributed by atoms with van der Waals surface area (Å²) in [4.78, 5) is 15.7. The van der Waals surface area contributed by atoms with Crippen LogP contribution in [0.4, 0.5) is 0 Å². The van der Waals surface area contributed by atoms with Crippen LogP contribution in [0.5, 0.6) is 0 Å². The van der Waals surface area contributed by atoms with Crippen LogP contribution in [-0.4, -0.2) is 23.5 Å². The largest absolute Gasteiger partial charge is 0.354 e. The second kappa shape index (κ2) is 6.60. The van der Waals surface area contributed by atoms with Gasteiger partial charge in [-0.25, -0.2) is 4.98 Å². The third-order valence-corrected chi connectivity index (χ3v) is 2.86. The molecule has 0 aromatic carbocycles. The Kier molecular flexibility index (Phi) is 5.42. The van der Waals surface area contributed by atoms with Crippen molar-refractivity contribution in [2.75, 3.05) is 6.54 Å². The van der Waals surface area contributed by atoms with Gasteiger partial charge in [0.15, 0.2) is 0 Å². The first-order chi connectivity index (χ1) is 7.59. The van der Waals surface area contributed by atoms with Gasteiger partial charge in [0.05, 0.1) is 17.2 Å². The first-order valence-electron chi connectivity index (χ1n) is 5.50. The Labute approximate surface area is 100 Å². The summed E-state index contributed by atoms with van der Waals surface area (Å²) >= 11 is 1.56. The number of thiazole rings is 1. The number of nitrogens with one attached hydrogen (secondary N) is 1. The molecule has 0 saturated carbocycles. The van der Waals surface area contributed by atoms with E-state index in [9.17, 15) is 4.79 Å². The van der Waals surface area contributed by atoms with Crippen molar-refractivity contribution in [3.8, 4) is 0 Å². The number of hydrogen-bond acceptors (Lipinski definition) is 4. The van der Waals surface area contributed by atoms with Crippen LogP contribution >= 0.6 is 11.3 Å². The van der Waals surface area contributed by atoms with Crippen LogP contribution in [0, 0.1) is 5.92 Å². The number of hydrogen-bond donors (Lipinski definition) is 2. The van der Waals surface area contributed by atoms with E-state index >= 15 is 0 Å². The van der Waals surface area contributed by atoms with Crippen LogP contribution in [0.1, 0.15) is 26.0 Å². The van der Waals surface area contributed by atoms with Gasteiger partial charge in [-0.05, 0) is 12.3 Å². The Morgan fingerprint density at radius 3 is 2.94 bits per heavy atom. The lowest BCUT2D eigenvalue weighted by Gasteiger charge is -2.13. The second-order valence-electron chi connectivity index (χ2n) is 4.26. The minimum atomic E-state index is -0.393. The van der Waals surface area contributed by atoms with Crippen LogP contribution in [0.2, 0.25) is 0 Å². The summed E-state index contributed by atoms with van der Waals surface area (Å²) in [5.74, 6) is 0.378. The van der Waals surface area contributed by atoms with E-state index in [2.05, 4.69) is 24.1 Å². The van der Waals surface area contributed by atoms with Crippen molar-refractivity contribution in [3.05, 3.63) is 16.6 Å². The molecule has 0 bridgehead atoms. The first kappa shape index (κ1) is 13.1. The van der Waals surface area contributed by atoms with Gasteiger partial charge in [-0.15, -0.1) is 11.3 Å². The molecule has 0 unspecified atom stereocenters. The molecule has 0 aliphatic rings. The molecule has 5 heteroatoms. The van der Waals surface area contributed by atoms with Crippen molar-refractivity contribution in [1.82, 2.24) is 10.3 Å². The molecule has 1 aromatic rings. The van der Waals surface area contributed by atoms with Gasteiger partial charge < -0.3 is 11.1 Å². The molecule has 0 aliphatic carbocycles. The fourth-order valence-corrected chi connectivity index (χ4v) is 2.01.